The van der Waals surface area contributed by atoms with Gasteiger partial charge in [0.2, 0.25) is 0 Å². The molecule has 0 aromatic heterocycles. The summed E-state index contributed by atoms with van der Waals surface area (Å²) in [4.78, 5) is 0. The molecule has 4 heteroatoms. The molecule has 0 radical (unpaired) electrons. The Hall–Kier alpha value is -0.160. The average molecular weight is 190 g/mol. The van der Waals surface area contributed by atoms with Crippen molar-refractivity contribution in [3.8, 4) is 0 Å². The molecule has 0 amide bonds. The van der Waals surface area contributed by atoms with Gasteiger partial charge in [0.05, 0.1) is 6.61 Å². The zero-order valence-electron chi connectivity index (χ0n) is 8.71. The van der Waals surface area contributed by atoms with Gasteiger partial charge in [0, 0.05) is 25.9 Å². The third kappa shape index (κ3) is 8.18. The third-order valence-electron chi connectivity index (χ3n) is 1.72. The van der Waals surface area contributed by atoms with Gasteiger partial charge in [-0.3, -0.25) is 11.3 Å². The van der Waals surface area contributed by atoms with Gasteiger partial charge in [-0.15, -0.1) is 0 Å². The van der Waals surface area contributed by atoms with E-state index in [4.69, 9.17) is 15.3 Å². The fourth-order valence-corrected chi connectivity index (χ4v) is 0.947. The average Bonchev–Trinajstić information content (AvgIpc) is 2.17. The van der Waals surface area contributed by atoms with Crippen molar-refractivity contribution in [1.29, 1.82) is 0 Å². The lowest BCUT2D eigenvalue weighted by molar-refractivity contribution is 0.0885. The van der Waals surface area contributed by atoms with Gasteiger partial charge >= 0.3 is 0 Å². The van der Waals surface area contributed by atoms with Gasteiger partial charge in [0.1, 0.15) is 0 Å². The fourth-order valence-electron chi connectivity index (χ4n) is 0.947. The number of rotatable bonds is 9. The van der Waals surface area contributed by atoms with E-state index < -0.39 is 0 Å². The van der Waals surface area contributed by atoms with Gasteiger partial charge in [-0.25, -0.2) is 0 Å². The van der Waals surface area contributed by atoms with E-state index in [9.17, 15) is 0 Å². The van der Waals surface area contributed by atoms with E-state index in [1.807, 2.05) is 6.92 Å². The molecule has 0 aromatic rings. The van der Waals surface area contributed by atoms with Crippen LogP contribution >= 0.6 is 0 Å². The highest BCUT2D eigenvalue weighted by atomic mass is 16.5. The minimum absolute atomic E-state index is 0.205. The van der Waals surface area contributed by atoms with E-state index in [0.29, 0.717) is 6.61 Å². The zero-order chi connectivity index (χ0) is 9.94. The van der Waals surface area contributed by atoms with Gasteiger partial charge in [-0.2, -0.15) is 0 Å². The van der Waals surface area contributed by atoms with Crippen molar-refractivity contribution in [2.24, 2.45) is 5.84 Å². The minimum Gasteiger partial charge on any atom is -0.381 e. The summed E-state index contributed by atoms with van der Waals surface area (Å²) >= 11 is 0. The summed E-state index contributed by atoms with van der Waals surface area (Å²) in [5.41, 5.74) is 2.71. The Kier molecular flexibility index (Phi) is 9.80. The SMILES string of the molecule is CCCOCCC(COCC)NN. The van der Waals surface area contributed by atoms with E-state index in [0.717, 1.165) is 32.7 Å². The van der Waals surface area contributed by atoms with Crippen LogP contribution in [0, 0.1) is 0 Å². The lowest BCUT2D eigenvalue weighted by Gasteiger charge is -2.15. The summed E-state index contributed by atoms with van der Waals surface area (Å²) in [7, 11) is 0. The maximum absolute atomic E-state index is 5.34. The summed E-state index contributed by atoms with van der Waals surface area (Å²) in [5.74, 6) is 5.34. The van der Waals surface area contributed by atoms with Gasteiger partial charge in [-0.05, 0) is 19.8 Å². The summed E-state index contributed by atoms with van der Waals surface area (Å²) < 4.78 is 10.6. The number of ether oxygens (including phenoxy) is 2. The van der Waals surface area contributed by atoms with Crippen molar-refractivity contribution in [1.82, 2.24) is 5.43 Å². The van der Waals surface area contributed by atoms with E-state index in [1.165, 1.54) is 0 Å². The van der Waals surface area contributed by atoms with Crippen molar-refractivity contribution >= 4 is 0 Å². The van der Waals surface area contributed by atoms with Crippen LogP contribution in [0.1, 0.15) is 26.7 Å². The third-order valence-corrected chi connectivity index (χ3v) is 1.72. The van der Waals surface area contributed by atoms with Crippen molar-refractivity contribution in [2.45, 2.75) is 32.7 Å². The first-order chi connectivity index (χ1) is 6.35. The fraction of sp³-hybridized carbons (Fsp3) is 1.00. The number of hydrazine groups is 1. The molecular weight excluding hydrogens is 168 g/mol. The van der Waals surface area contributed by atoms with E-state index in [-0.39, 0.29) is 6.04 Å². The summed E-state index contributed by atoms with van der Waals surface area (Å²) in [5, 5.41) is 0. The second-order valence-electron chi connectivity index (χ2n) is 2.92. The Labute approximate surface area is 80.7 Å². The highest BCUT2D eigenvalue weighted by Gasteiger charge is 2.05. The second-order valence-corrected chi connectivity index (χ2v) is 2.92. The van der Waals surface area contributed by atoms with Crippen LogP contribution in [0.15, 0.2) is 0 Å². The Morgan fingerprint density at radius 2 is 2.00 bits per heavy atom. The normalized spacial score (nSPS) is 13.2. The molecular formula is C9H22N2O2. The largest absolute Gasteiger partial charge is 0.381 e. The number of hydrogen-bond donors (Lipinski definition) is 2. The highest BCUT2D eigenvalue weighted by Crippen LogP contribution is 1.93. The first-order valence-corrected chi connectivity index (χ1v) is 4.96. The van der Waals surface area contributed by atoms with Crippen molar-refractivity contribution in [3.05, 3.63) is 0 Å². The monoisotopic (exact) mass is 190 g/mol. The minimum atomic E-state index is 0.205. The Morgan fingerprint density at radius 3 is 2.54 bits per heavy atom. The van der Waals surface area contributed by atoms with Crippen LogP contribution in [-0.2, 0) is 9.47 Å². The van der Waals surface area contributed by atoms with E-state index in [2.05, 4.69) is 12.3 Å². The standard InChI is InChI=1S/C9H22N2O2/c1-3-6-13-7-5-9(11-10)8-12-4-2/h9,11H,3-8,10H2,1-2H3. The van der Waals surface area contributed by atoms with Crippen LogP contribution in [0.2, 0.25) is 0 Å². The molecule has 0 aromatic carbocycles. The molecule has 0 saturated carbocycles. The summed E-state index contributed by atoms with van der Waals surface area (Å²) in [6.45, 7) is 7.03. The lowest BCUT2D eigenvalue weighted by atomic mass is 10.2. The van der Waals surface area contributed by atoms with Crippen LogP contribution in [0.5, 0.6) is 0 Å². The molecule has 0 aliphatic rings. The number of nitrogens with two attached hydrogens (primary N) is 1. The van der Waals surface area contributed by atoms with Crippen LogP contribution < -0.4 is 11.3 Å². The molecule has 1 unspecified atom stereocenters. The Morgan fingerprint density at radius 1 is 1.23 bits per heavy atom. The predicted molar refractivity (Wildman–Crippen MR) is 53.3 cm³/mol. The lowest BCUT2D eigenvalue weighted by Crippen LogP contribution is -2.39. The first-order valence-electron chi connectivity index (χ1n) is 4.96. The summed E-state index contributed by atoms with van der Waals surface area (Å²) in [6.07, 6.45) is 1.96. The molecule has 0 heterocycles. The molecule has 1 atom stereocenters. The molecule has 0 aliphatic heterocycles. The van der Waals surface area contributed by atoms with Crippen LogP contribution in [0.4, 0.5) is 0 Å². The predicted octanol–water partition coefficient (Wildman–Crippen LogP) is 0.672. The number of nitrogens with one attached hydrogen (secondary N) is 1. The van der Waals surface area contributed by atoms with Crippen molar-refractivity contribution < 1.29 is 9.47 Å². The molecule has 0 bridgehead atoms. The molecule has 3 N–H and O–H groups in total. The van der Waals surface area contributed by atoms with Crippen molar-refractivity contribution in [2.75, 3.05) is 26.4 Å². The van der Waals surface area contributed by atoms with Crippen LogP contribution in [0.3, 0.4) is 0 Å². The highest BCUT2D eigenvalue weighted by molar-refractivity contribution is 4.61. The van der Waals surface area contributed by atoms with Crippen LogP contribution in [-0.4, -0.2) is 32.5 Å². The van der Waals surface area contributed by atoms with E-state index in [1.54, 1.807) is 0 Å². The quantitative estimate of drug-likeness (QED) is 0.319. The molecule has 0 aliphatic carbocycles. The Balaban J connectivity index is 3.25. The first kappa shape index (κ1) is 12.8. The molecule has 0 saturated heterocycles. The summed E-state index contributed by atoms with van der Waals surface area (Å²) in [6, 6.07) is 0.205. The molecule has 0 rings (SSSR count). The van der Waals surface area contributed by atoms with Gasteiger partial charge in [0.15, 0.2) is 0 Å². The Bertz CT molecular complexity index is 102. The maximum Gasteiger partial charge on any atom is 0.0633 e. The molecule has 4 nitrogen and oxygen atoms in total. The van der Waals surface area contributed by atoms with Crippen molar-refractivity contribution in [3.63, 3.8) is 0 Å². The molecule has 80 valence electrons. The van der Waals surface area contributed by atoms with Gasteiger partial charge in [0.25, 0.3) is 0 Å². The number of hydrogen-bond acceptors (Lipinski definition) is 4. The molecule has 13 heavy (non-hydrogen) atoms. The molecule has 0 spiro atoms. The topological polar surface area (TPSA) is 56.5 Å². The van der Waals surface area contributed by atoms with E-state index >= 15 is 0 Å². The molecule has 0 fully saturated rings. The van der Waals surface area contributed by atoms with Gasteiger partial charge in [-0.1, -0.05) is 6.92 Å². The van der Waals surface area contributed by atoms with Crippen LogP contribution in [0.25, 0.3) is 0 Å². The maximum atomic E-state index is 5.34. The smallest absolute Gasteiger partial charge is 0.0633 e. The second kappa shape index (κ2) is 9.92. The van der Waals surface area contributed by atoms with Gasteiger partial charge < -0.3 is 9.47 Å². The zero-order valence-corrected chi connectivity index (χ0v) is 8.71.